The summed E-state index contributed by atoms with van der Waals surface area (Å²) in [4.78, 5) is 13.3. The fourth-order valence-corrected chi connectivity index (χ4v) is 11.4. The van der Waals surface area contributed by atoms with Crippen LogP contribution in [0, 0.1) is 0 Å². The third kappa shape index (κ3) is 40.1. The molecule has 0 saturated carbocycles. The zero-order valence-electron chi connectivity index (χ0n) is 53.8. The topological polar surface area (TPSA) is 228 Å². The second-order valence-electron chi connectivity index (χ2n) is 24.6. The van der Waals surface area contributed by atoms with E-state index in [9.17, 15) is 45.6 Å². The predicted molar refractivity (Wildman–Crippen MR) is 346 cm³/mol. The lowest BCUT2D eigenvalue weighted by atomic mass is 9.97. The van der Waals surface area contributed by atoms with Crippen molar-refractivity contribution in [2.75, 3.05) is 19.8 Å². The molecule has 0 aromatic heterocycles. The van der Waals surface area contributed by atoms with E-state index in [0.717, 1.165) is 89.9 Å². The summed E-state index contributed by atoms with van der Waals surface area (Å²) >= 11 is 0. The Kier molecular flexibility index (Phi) is 51.7. The van der Waals surface area contributed by atoms with Crippen LogP contribution in [0.2, 0.25) is 0 Å². The number of hydrogen-bond acceptors (Lipinski definition) is 13. The highest BCUT2D eigenvalue weighted by molar-refractivity contribution is 5.76. The van der Waals surface area contributed by atoms with Gasteiger partial charge in [0.25, 0.3) is 0 Å². The lowest BCUT2D eigenvalue weighted by molar-refractivity contribution is -0.359. The molecule has 0 aromatic carbocycles. The van der Waals surface area contributed by atoms with Gasteiger partial charge in [-0.15, -0.1) is 0 Å². The van der Waals surface area contributed by atoms with Gasteiger partial charge in [0.2, 0.25) is 5.91 Å². The van der Waals surface area contributed by atoms with Crippen LogP contribution in [-0.4, -0.2) is 140 Å². The van der Waals surface area contributed by atoms with Crippen molar-refractivity contribution in [3.8, 4) is 0 Å². The molecule has 2 rings (SSSR count). The van der Waals surface area contributed by atoms with E-state index < -0.39 is 86.8 Å². The monoisotopic (exact) mass is 1200 g/mol. The smallest absolute Gasteiger partial charge is 0.220 e. The average molecular weight is 1200 g/mol. The molecule has 0 radical (unpaired) electrons. The number of aliphatic hydroxyl groups is 8. The Morgan fingerprint density at radius 1 is 0.435 bits per heavy atom. The fraction of sp³-hybridized carbons (Fsp3) is 0.845. The molecular formula is C71H129NO13. The van der Waals surface area contributed by atoms with Crippen LogP contribution in [0.5, 0.6) is 0 Å². The lowest BCUT2D eigenvalue weighted by Gasteiger charge is -2.46. The lowest BCUT2D eigenvalue weighted by Crippen LogP contribution is -2.65. The summed E-state index contributed by atoms with van der Waals surface area (Å²) in [5, 5.41) is 87.6. The Balaban J connectivity index is 1.67. The van der Waals surface area contributed by atoms with Crippen molar-refractivity contribution in [2.45, 2.75) is 364 Å². The summed E-state index contributed by atoms with van der Waals surface area (Å²) in [5.41, 5.74) is 0. The van der Waals surface area contributed by atoms with Crippen LogP contribution in [0.25, 0.3) is 0 Å². The highest BCUT2D eigenvalue weighted by Crippen LogP contribution is 2.30. The molecule has 85 heavy (non-hydrogen) atoms. The predicted octanol–water partition coefficient (Wildman–Crippen LogP) is 14.1. The van der Waals surface area contributed by atoms with E-state index in [1.54, 1.807) is 0 Å². The fourth-order valence-electron chi connectivity index (χ4n) is 11.4. The molecule has 14 nitrogen and oxygen atoms in total. The summed E-state index contributed by atoms with van der Waals surface area (Å²) in [7, 11) is 0. The molecule has 496 valence electrons. The SMILES string of the molecule is CC/C=C\C/C=C\C/C=C\C/C=C\C/C=C\CCCCCCCC(=O)NC(COC1OC(CO)C(OC2OC(CO)C(O)C(O)C2O)C(O)C1O)C(O)CCCCCCCCCCCCCCCCCCCCCCCCCCCCCCCC. The molecule has 2 saturated heterocycles. The van der Waals surface area contributed by atoms with Gasteiger partial charge in [0.15, 0.2) is 12.6 Å². The maximum absolute atomic E-state index is 13.3. The summed E-state index contributed by atoms with van der Waals surface area (Å²) < 4.78 is 22.9. The molecule has 0 aliphatic carbocycles. The Hall–Kier alpha value is -2.31. The minimum absolute atomic E-state index is 0.224. The Bertz CT molecular complexity index is 1660. The van der Waals surface area contributed by atoms with Crippen LogP contribution in [0.15, 0.2) is 60.8 Å². The van der Waals surface area contributed by atoms with Crippen molar-refractivity contribution in [1.29, 1.82) is 0 Å². The largest absolute Gasteiger partial charge is 0.394 e. The number of aliphatic hydroxyl groups excluding tert-OH is 8. The molecule has 12 atom stereocenters. The van der Waals surface area contributed by atoms with Gasteiger partial charge in [-0.1, -0.05) is 286 Å². The summed E-state index contributed by atoms with van der Waals surface area (Å²) in [6.07, 6.45) is 56.7. The van der Waals surface area contributed by atoms with Crippen LogP contribution < -0.4 is 5.32 Å². The van der Waals surface area contributed by atoms with Gasteiger partial charge < -0.3 is 65.1 Å². The molecule has 0 aromatic rings. The van der Waals surface area contributed by atoms with Crippen LogP contribution in [0.3, 0.4) is 0 Å². The first-order valence-electron chi connectivity index (χ1n) is 35.0. The summed E-state index contributed by atoms with van der Waals surface area (Å²) in [6.45, 7) is 2.77. The average Bonchev–Trinajstić information content (AvgIpc) is 3.69. The molecular weight excluding hydrogens is 1070 g/mol. The van der Waals surface area contributed by atoms with Gasteiger partial charge in [0, 0.05) is 6.42 Å². The molecule has 2 aliphatic heterocycles. The molecule has 2 fully saturated rings. The molecule has 14 heteroatoms. The third-order valence-corrected chi connectivity index (χ3v) is 17.0. The van der Waals surface area contributed by atoms with E-state index in [4.69, 9.17) is 18.9 Å². The third-order valence-electron chi connectivity index (χ3n) is 17.0. The molecule has 9 N–H and O–H groups in total. The van der Waals surface area contributed by atoms with E-state index in [0.29, 0.717) is 12.8 Å². The number of hydrogen-bond donors (Lipinski definition) is 9. The first kappa shape index (κ1) is 78.8. The number of nitrogens with one attached hydrogen (secondary N) is 1. The van der Waals surface area contributed by atoms with Crippen LogP contribution >= 0.6 is 0 Å². The Labute approximate surface area is 517 Å². The van der Waals surface area contributed by atoms with Gasteiger partial charge >= 0.3 is 0 Å². The Morgan fingerprint density at radius 2 is 0.812 bits per heavy atom. The van der Waals surface area contributed by atoms with Crippen LogP contribution in [-0.2, 0) is 23.7 Å². The van der Waals surface area contributed by atoms with E-state index in [2.05, 4.69) is 79.9 Å². The first-order chi connectivity index (χ1) is 41.6. The van der Waals surface area contributed by atoms with E-state index in [1.165, 1.54) is 167 Å². The van der Waals surface area contributed by atoms with Gasteiger partial charge in [0.1, 0.15) is 48.8 Å². The summed E-state index contributed by atoms with van der Waals surface area (Å²) in [6, 6.07) is -0.844. The van der Waals surface area contributed by atoms with Gasteiger partial charge in [-0.25, -0.2) is 0 Å². The van der Waals surface area contributed by atoms with Crippen molar-refractivity contribution in [3.63, 3.8) is 0 Å². The molecule has 2 heterocycles. The number of amides is 1. The van der Waals surface area contributed by atoms with E-state index in [-0.39, 0.29) is 18.9 Å². The van der Waals surface area contributed by atoms with Gasteiger partial charge in [-0.3, -0.25) is 4.79 Å². The number of carbonyl (C=O) groups excluding carboxylic acids is 1. The van der Waals surface area contributed by atoms with Crippen molar-refractivity contribution < 1.29 is 64.6 Å². The van der Waals surface area contributed by atoms with Crippen molar-refractivity contribution in [3.05, 3.63) is 60.8 Å². The quantitative estimate of drug-likeness (QED) is 0.0204. The molecule has 1 amide bonds. The second-order valence-corrected chi connectivity index (χ2v) is 24.6. The van der Waals surface area contributed by atoms with Gasteiger partial charge in [-0.05, 0) is 57.8 Å². The normalized spacial score (nSPS) is 23.9. The van der Waals surface area contributed by atoms with Crippen LogP contribution in [0.4, 0.5) is 0 Å². The molecule has 2 aliphatic rings. The first-order valence-corrected chi connectivity index (χ1v) is 35.0. The standard InChI is InChI=1S/C71H129NO13/c1-3-5-7-9-11-13-15-17-19-21-23-25-26-27-28-29-30-31-32-33-35-36-38-40-42-44-46-48-50-52-54-60(75)59(58-82-70-68(81)66(79)69(62(57-74)84-70)85-71-67(80)65(78)64(77)61(56-73)83-71)72-63(76)55-53-51-49-47-45-43-41-39-37-34-24-22-20-18-16-14-12-10-8-6-4-2/h6,8,12,14,18,20,24,34,39,41,59-62,64-71,73-75,77-81H,3-5,7,9-11,13,15-17,19,21-23,25-33,35-38,40,42-58H2,1-2H3,(H,72,76)/b8-6-,14-12-,20-18-,34-24-,41-39-. The van der Waals surface area contributed by atoms with Gasteiger partial charge in [0.05, 0.1) is 32.0 Å². The zero-order valence-corrected chi connectivity index (χ0v) is 53.8. The van der Waals surface area contributed by atoms with E-state index in [1.807, 2.05) is 0 Å². The van der Waals surface area contributed by atoms with E-state index >= 15 is 0 Å². The highest BCUT2D eigenvalue weighted by Gasteiger charge is 2.51. The molecule has 12 unspecified atom stereocenters. The minimum Gasteiger partial charge on any atom is -0.394 e. The zero-order chi connectivity index (χ0) is 61.6. The molecule has 0 spiro atoms. The van der Waals surface area contributed by atoms with Crippen molar-refractivity contribution in [2.24, 2.45) is 0 Å². The highest BCUT2D eigenvalue weighted by atomic mass is 16.7. The number of allylic oxidation sites excluding steroid dienone is 10. The summed E-state index contributed by atoms with van der Waals surface area (Å²) in [5.74, 6) is -0.224. The number of rotatable bonds is 57. The van der Waals surface area contributed by atoms with Gasteiger partial charge in [-0.2, -0.15) is 0 Å². The minimum atomic E-state index is -1.79. The van der Waals surface area contributed by atoms with Crippen LogP contribution in [0.1, 0.15) is 290 Å². The second kappa shape index (κ2) is 55.7. The number of unbranched alkanes of at least 4 members (excludes halogenated alkanes) is 34. The van der Waals surface area contributed by atoms with Crippen molar-refractivity contribution >= 4 is 5.91 Å². The Morgan fingerprint density at radius 3 is 1.25 bits per heavy atom. The number of carbonyl (C=O) groups is 1. The maximum Gasteiger partial charge on any atom is 0.220 e. The molecule has 0 bridgehead atoms. The number of ether oxygens (including phenoxy) is 4. The van der Waals surface area contributed by atoms with Crippen molar-refractivity contribution in [1.82, 2.24) is 5.32 Å². The maximum atomic E-state index is 13.3.